The van der Waals surface area contributed by atoms with Crippen molar-refractivity contribution < 1.29 is 4.79 Å². The second kappa shape index (κ2) is 4.36. The van der Waals surface area contributed by atoms with Crippen molar-refractivity contribution in [2.24, 2.45) is 0 Å². The number of aryl methyl sites for hydroxylation is 1. The van der Waals surface area contributed by atoms with Crippen LogP contribution in [0.3, 0.4) is 0 Å². The normalized spacial score (nSPS) is 10.2. The average Bonchev–Trinajstić information content (AvgIpc) is 2.74. The SMILES string of the molecule is Cc1ccc(CC(=O)c2cccs2)nc1. The molecule has 0 aromatic carbocycles. The van der Waals surface area contributed by atoms with Crippen molar-refractivity contribution in [3.05, 3.63) is 52.0 Å². The van der Waals surface area contributed by atoms with E-state index in [4.69, 9.17) is 0 Å². The maximum atomic E-state index is 11.7. The fraction of sp³-hybridized carbons (Fsp3) is 0.167. The predicted molar refractivity (Wildman–Crippen MR) is 61.3 cm³/mol. The van der Waals surface area contributed by atoms with Crippen LogP contribution >= 0.6 is 11.3 Å². The van der Waals surface area contributed by atoms with Gasteiger partial charge in [-0.3, -0.25) is 9.78 Å². The highest BCUT2D eigenvalue weighted by molar-refractivity contribution is 7.12. The van der Waals surface area contributed by atoms with Gasteiger partial charge in [0.05, 0.1) is 11.3 Å². The Labute approximate surface area is 92.6 Å². The molecule has 2 aromatic rings. The van der Waals surface area contributed by atoms with Gasteiger partial charge in [-0.05, 0) is 30.0 Å². The van der Waals surface area contributed by atoms with Gasteiger partial charge in [0.1, 0.15) is 0 Å². The quantitative estimate of drug-likeness (QED) is 0.740. The summed E-state index contributed by atoms with van der Waals surface area (Å²) in [4.78, 5) is 16.7. The molecule has 0 saturated carbocycles. The molecular formula is C12H11NOS. The van der Waals surface area contributed by atoms with Gasteiger partial charge in [-0.15, -0.1) is 11.3 Å². The minimum absolute atomic E-state index is 0.140. The Balaban J connectivity index is 2.09. The molecule has 0 saturated heterocycles. The Morgan fingerprint density at radius 2 is 2.27 bits per heavy atom. The number of hydrogen-bond donors (Lipinski definition) is 0. The van der Waals surface area contributed by atoms with E-state index in [1.54, 1.807) is 6.20 Å². The van der Waals surface area contributed by atoms with Crippen LogP contribution in [0.25, 0.3) is 0 Å². The number of pyridine rings is 1. The number of rotatable bonds is 3. The number of thiophene rings is 1. The molecule has 2 heterocycles. The smallest absolute Gasteiger partial charge is 0.178 e. The molecule has 0 amide bonds. The highest BCUT2D eigenvalue weighted by atomic mass is 32.1. The van der Waals surface area contributed by atoms with Crippen molar-refractivity contribution in [2.45, 2.75) is 13.3 Å². The average molecular weight is 217 g/mol. The number of Topliss-reactive ketones (excluding diaryl/α,β-unsaturated/α-hetero) is 1. The molecule has 0 aliphatic rings. The van der Waals surface area contributed by atoms with Crippen LogP contribution in [-0.4, -0.2) is 10.8 Å². The summed E-state index contributed by atoms with van der Waals surface area (Å²) in [6.45, 7) is 1.98. The van der Waals surface area contributed by atoms with Crippen LogP contribution in [0.1, 0.15) is 20.9 Å². The number of nitrogens with zero attached hydrogens (tertiary/aromatic N) is 1. The van der Waals surface area contributed by atoms with E-state index in [1.807, 2.05) is 36.6 Å². The fourth-order valence-corrected chi connectivity index (χ4v) is 1.96. The Kier molecular flexibility index (Phi) is 2.92. The van der Waals surface area contributed by atoms with Crippen molar-refractivity contribution in [1.82, 2.24) is 4.98 Å². The zero-order valence-corrected chi connectivity index (χ0v) is 9.25. The van der Waals surface area contributed by atoms with E-state index < -0.39 is 0 Å². The van der Waals surface area contributed by atoms with Crippen molar-refractivity contribution in [3.63, 3.8) is 0 Å². The summed E-state index contributed by atoms with van der Waals surface area (Å²) >= 11 is 1.48. The number of ketones is 1. The summed E-state index contributed by atoms with van der Waals surface area (Å²) in [5, 5.41) is 1.91. The maximum Gasteiger partial charge on any atom is 0.178 e. The first-order valence-corrected chi connectivity index (χ1v) is 5.62. The Morgan fingerprint density at radius 3 is 2.87 bits per heavy atom. The summed E-state index contributed by atoms with van der Waals surface area (Å²) in [6, 6.07) is 7.62. The van der Waals surface area contributed by atoms with E-state index >= 15 is 0 Å². The third-order valence-electron chi connectivity index (χ3n) is 2.11. The fourth-order valence-electron chi connectivity index (χ4n) is 1.29. The van der Waals surface area contributed by atoms with Crippen LogP contribution in [0.4, 0.5) is 0 Å². The lowest BCUT2D eigenvalue weighted by molar-refractivity contribution is 0.0996. The van der Waals surface area contributed by atoms with Crippen LogP contribution in [0, 0.1) is 6.92 Å². The summed E-state index contributed by atoms with van der Waals surface area (Å²) in [6.07, 6.45) is 2.18. The lowest BCUT2D eigenvalue weighted by atomic mass is 10.1. The first-order chi connectivity index (χ1) is 7.25. The van der Waals surface area contributed by atoms with Crippen molar-refractivity contribution >= 4 is 17.1 Å². The van der Waals surface area contributed by atoms with Gasteiger partial charge in [-0.1, -0.05) is 12.1 Å². The monoisotopic (exact) mass is 217 g/mol. The molecular weight excluding hydrogens is 206 g/mol. The van der Waals surface area contributed by atoms with Gasteiger partial charge < -0.3 is 0 Å². The molecule has 0 aliphatic carbocycles. The van der Waals surface area contributed by atoms with Crippen molar-refractivity contribution in [3.8, 4) is 0 Å². The van der Waals surface area contributed by atoms with E-state index in [0.717, 1.165) is 16.1 Å². The minimum Gasteiger partial charge on any atom is -0.293 e. The zero-order valence-electron chi connectivity index (χ0n) is 8.43. The second-order valence-electron chi connectivity index (χ2n) is 3.40. The second-order valence-corrected chi connectivity index (χ2v) is 4.35. The maximum absolute atomic E-state index is 11.7. The van der Waals surface area contributed by atoms with Gasteiger partial charge in [0.15, 0.2) is 5.78 Å². The van der Waals surface area contributed by atoms with Crippen LogP contribution in [0.2, 0.25) is 0 Å². The van der Waals surface area contributed by atoms with Crippen LogP contribution in [0.15, 0.2) is 35.8 Å². The van der Waals surface area contributed by atoms with E-state index in [2.05, 4.69) is 4.98 Å². The van der Waals surface area contributed by atoms with Crippen LogP contribution < -0.4 is 0 Å². The standard InChI is InChI=1S/C12H11NOS/c1-9-4-5-10(13-8-9)7-11(14)12-3-2-6-15-12/h2-6,8H,7H2,1H3. The molecule has 0 radical (unpaired) electrons. The van der Waals surface area contributed by atoms with E-state index in [-0.39, 0.29) is 5.78 Å². The molecule has 0 aliphatic heterocycles. The van der Waals surface area contributed by atoms with E-state index in [9.17, 15) is 4.79 Å². The lowest BCUT2D eigenvalue weighted by Gasteiger charge is -1.98. The summed E-state index contributed by atoms with van der Waals surface area (Å²) in [5.74, 6) is 0.140. The third kappa shape index (κ3) is 2.50. The highest BCUT2D eigenvalue weighted by Gasteiger charge is 2.08. The molecule has 0 fully saturated rings. The predicted octanol–water partition coefficient (Wildman–Crippen LogP) is 2.88. The van der Waals surface area contributed by atoms with Gasteiger partial charge in [-0.25, -0.2) is 0 Å². The molecule has 0 bridgehead atoms. The summed E-state index contributed by atoms with van der Waals surface area (Å²) in [5.41, 5.74) is 1.95. The molecule has 3 heteroatoms. The number of aromatic nitrogens is 1. The van der Waals surface area contributed by atoms with Crippen LogP contribution in [-0.2, 0) is 6.42 Å². The van der Waals surface area contributed by atoms with Crippen LogP contribution in [0.5, 0.6) is 0 Å². The summed E-state index contributed by atoms with van der Waals surface area (Å²) < 4.78 is 0. The largest absolute Gasteiger partial charge is 0.293 e. The Morgan fingerprint density at radius 1 is 1.40 bits per heavy atom. The van der Waals surface area contributed by atoms with Crippen molar-refractivity contribution in [2.75, 3.05) is 0 Å². The van der Waals surface area contributed by atoms with Gasteiger partial charge in [0.2, 0.25) is 0 Å². The molecule has 0 N–H and O–H groups in total. The third-order valence-corrected chi connectivity index (χ3v) is 3.02. The molecule has 0 spiro atoms. The Bertz CT molecular complexity index is 445. The highest BCUT2D eigenvalue weighted by Crippen LogP contribution is 2.12. The lowest BCUT2D eigenvalue weighted by Crippen LogP contribution is -2.02. The molecule has 76 valence electrons. The molecule has 2 nitrogen and oxygen atoms in total. The first-order valence-electron chi connectivity index (χ1n) is 4.74. The Hall–Kier alpha value is -1.48. The topological polar surface area (TPSA) is 30.0 Å². The molecule has 2 aromatic heterocycles. The van der Waals surface area contributed by atoms with Gasteiger partial charge in [-0.2, -0.15) is 0 Å². The number of carbonyl (C=O) groups is 1. The van der Waals surface area contributed by atoms with Gasteiger partial charge in [0.25, 0.3) is 0 Å². The number of hydrogen-bond acceptors (Lipinski definition) is 3. The molecule has 15 heavy (non-hydrogen) atoms. The summed E-state index contributed by atoms with van der Waals surface area (Å²) in [7, 11) is 0. The van der Waals surface area contributed by atoms with Gasteiger partial charge >= 0.3 is 0 Å². The molecule has 2 rings (SSSR count). The van der Waals surface area contributed by atoms with Gasteiger partial charge in [0, 0.05) is 11.9 Å². The minimum atomic E-state index is 0.140. The van der Waals surface area contributed by atoms with E-state index in [1.165, 1.54) is 11.3 Å². The zero-order chi connectivity index (χ0) is 10.7. The van der Waals surface area contributed by atoms with Crippen molar-refractivity contribution in [1.29, 1.82) is 0 Å². The molecule has 0 atom stereocenters. The first kappa shape index (κ1) is 10.1. The number of carbonyl (C=O) groups excluding carboxylic acids is 1. The van der Waals surface area contributed by atoms with E-state index in [0.29, 0.717) is 6.42 Å². The molecule has 0 unspecified atom stereocenters.